The Morgan fingerprint density at radius 2 is 2.26 bits per heavy atom. The second-order valence-electron chi connectivity index (χ2n) is 4.36. The number of carbonyl (C=O) groups excluding carboxylic acids is 2. The molecule has 2 amide bonds. The summed E-state index contributed by atoms with van der Waals surface area (Å²) in [5.41, 5.74) is 7.10. The Morgan fingerprint density at radius 3 is 2.89 bits per heavy atom. The predicted octanol–water partition coefficient (Wildman–Crippen LogP) is 0.00520. The number of hydrogen-bond donors (Lipinski definition) is 2. The quantitative estimate of drug-likeness (QED) is 0.804. The number of nitrogens with zero attached hydrogens (tertiary/aromatic N) is 1. The molecule has 3 N–H and O–H groups in total. The highest BCUT2D eigenvalue weighted by Gasteiger charge is 2.32. The van der Waals surface area contributed by atoms with Gasteiger partial charge in [0.25, 0.3) is 5.91 Å². The number of rotatable bonds is 3. The molecular formula is C13H17N3O3. The zero-order valence-corrected chi connectivity index (χ0v) is 11.0. The highest BCUT2D eigenvalue weighted by molar-refractivity contribution is 6.03. The molecule has 102 valence electrons. The molecule has 0 saturated carbocycles. The van der Waals surface area contributed by atoms with Crippen molar-refractivity contribution in [1.29, 1.82) is 0 Å². The van der Waals surface area contributed by atoms with Crippen LogP contribution in [0.25, 0.3) is 0 Å². The van der Waals surface area contributed by atoms with Gasteiger partial charge in [0.15, 0.2) is 6.10 Å². The highest BCUT2D eigenvalue weighted by Crippen LogP contribution is 2.34. The Balaban J connectivity index is 2.38. The van der Waals surface area contributed by atoms with Gasteiger partial charge in [-0.05, 0) is 24.6 Å². The Kier molecular flexibility index (Phi) is 3.71. The van der Waals surface area contributed by atoms with E-state index >= 15 is 0 Å². The van der Waals surface area contributed by atoms with E-state index in [0.717, 1.165) is 5.56 Å². The van der Waals surface area contributed by atoms with Gasteiger partial charge in [-0.1, -0.05) is 6.07 Å². The molecule has 2 rings (SSSR count). The average Bonchev–Trinajstić information content (AvgIpc) is 2.42. The Bertz CT molecular complexity index is 516. The molecule has 1 aromatic rings. The second kappa shape index (κ2) is 5.27. The number of nitrogens with two attached hydrogens (primary N) is 1. The number of hydrogen-bond acceptors (Lipinski definition) is 4. The lowest BCUT2D eigenvalue weighted by Gasteiger charge is -2.32. The Labute approximate surface area is 111 Å². The van der Waals surface area contributed by atoms with Crippen molar-refractivity contribution in [2.24, 2.45) is 5.73 Å². The monoisotopic (exact) mass is 263 g/mol. The van der Waals surface area contributed by atoms with Crippen molar-refractivity contribution in [3.63, 3.8) is 0 Å². The summed E-state index contributed by atoms with van der Waals surface area (Å²) in [6.45, 7) is 2.05. The van der Waals surface area contributed by atoms with Gasteiger partial charge in [0.2, 0.25) is 5.91 Å². The Hall–Kier alpha value is -2.08. The first-order valence-electron chi connectivity index (χ1n) is 6.08. The number of amides is 2. The van der Waals surface area contributed by atoms with Crippen LogP contribution in [-0.4, -0.2) is 31.5 Å². The molecule has 0 aromatic heterocycles. The van der Waals surface area contributed by atoms with Crippen LogP contribution in [0.2, 0.25) is 0 Å². The van der Waals surface area contributed by atoms with Gasteiger partial charge in [-0.25, -0.2) is 0 Å². The molecule has 6 nitrogen and oxygen atoms in total. The van der Waals surface area contributed by atoms with E-state index in [-0.39, 0.29) is 18.4 Å². The summed E-state index contributed by atoms with van der Waals surface area (Å²) in [6, 6.07) is 5.38. The summed E-state index contributed by atoms with van der Waals surface area (Å²) in [6.07, 6.45) is -0.606. The predicted molar refractivity (Wildman–Crippen MR) is 70.8 cm³/mol. The molecule has 0 spiro atoms. The van der Waals surface area contributed by atoms with Crippen molar-refractivity contribution < 1.29 is 14.3 Å². The fourth-order valence-electron chi connectivity index (χ4n) is 1.97. The fraction of sp³-hybridized carbons (Fsp3) is 0.385. The maximum Gasteiger partial charge on any atom is 0.268 e. The first kappa shape index (κ1) is 13.4. The third-order valence-corrected chi connectivity index (χ3v) is 3.05. The number of likely N-dealkylation sites (N-methyl/N-ethyl adjacent to an activating group) is 1. The fourth-order valence-corrected chi connectivity index (χ4v) is 1.97. The van der Waals surface area contributed by atoms with Gasteiger partial charge in [0.1, 0.15) is 12.3 Å². The van der Waals surface area contributed by atoms with Crippen molar-refractivity contribution in [3.8, 4) is 5.75 Å². The van der Waals surface area contributed by atoms with Gasteiger partial charge in [-0.3, -0.25) is 14.5 Å². The first-order chi connectivity index (χ1) is 9.06. The van der Waals surface area contributed by atoms with Crippen LogP contribution in [0.3, 0.4) is 0 Å². The number of fused-ring (bicyclic) bond motifs is 1. The summed E-state index contributed by atoms with van der Waals surface area (Å²) < 4.78 is 5.55. The smallest absolute Gasteiger partial charge is 0.268 e. The molecule has 1 unspecified atom stereocenters. The number of ether oxygens (including phenoxy) is 1. The molecular weight excluding hydrogens is 246 g/mol. The van der Waals surface area contributed by atoms with E-state index < -0.39 is 6.10 Å². The summed E-state index contributed by atoms with van der Waals surface area (Å²) in [7, 11) is 1.54. The topological polar surface area (TPSA) is 84.7 Å². The SMILES string of the molecule is CNC(=O)CN1C(=O)C(C)Oc2cc(CN)ccc21. The second-order valence-corrected chi connectivity index (χ2v) is 4.36. The Morgan fingerprint density at radius 1 is 1.53 bits per heavy atom. The van der Waals surface area contributed by atoms with E-state index in [1.54, 1.807) is 19.1 Å². The molecule has 0 aliphatic carbocycles. The van der Waals surface area contributed by atoms with E-state index in [4.69, 9.17) is 10.5 Å². The lowest BCUT2D eigenvalue weighted by molar-refractivity contribution is -0.128. The van der Waals surface area contributed by atoms with Crippen LogP contribution in [0.1, 0.15) is 12.5 Å². The van der Waals surface area contributed by atoms with Crippen LogP contribution in [0.15, 0.2) is 18.2 Å². The van der Waals surface area contributed by atoms with E-state index in [1.165, 1.54) is 11.9 Å². The van der Waals surface area contributed by atoms with E-state index in [9.17, 15) is 9.59 Å². The number of benzene rings is 1. The minimum absolute atomic E-state index is 0.0159. The minimum atomic E-state index is -0.606. The molecule has 1 atom stereocenters. The van der Waals surface area contributed by atoms with Crippen molar-refractivity contribution in [3.05, 3.63) is 23.8 Å². The normalized spacial score (nSPS) is 17.7. The lowest BCUT2D eigenvalue weighted by atomic mass is 10.1. The van der Waals surface area contributed by atoms with Gasteiger partial charge < -0.3 is 15.8 Å². The third kappa shape index (κ3) is 2.53. The van der Waals surface area contributed by atoms with Crippen molar-refractivity contribution in [2.45, 2.75) is 19.6 Å². The van der Waals surface area contributed by atoms with Crippen LogP contribution in [-0.2, 0) is 16.1 Å². The van der Waals surface area contributed by atoms with Crippen LogP contribution in [0.4, 0.5) is 5.69 Å². The van der Waals surface area contributed by atoms with Gasteiger partial charge in [-0.2, -0.15) is 0 Å². The average molecular weight is 263 g/mol. The van der Waals surface area contributed by atoms with Crippen LogP contribution >= 0.6 is 0 Å². The molecule has 1 aliphatic heterocycles. The minimum Gasteiger partial charge on any atom is -0.479 e. The molecule has 6 heteroatoms. The van der Waals surface area contributed by atoms with Gasteiger partial charge >= 0.3 is 0 Å². The summed E-state index contributed by atoms with van der Waals surface area (Å²) in [5.74, 6) is 0.131. The van der Waals surface area contributed by atoms with Crippen LogP contribution < -0.4 is 20.7 Å². The lowest BCUT2D eigenvalue weighted by Crippen LogP contribution is -2.48. The zero-order chi connectivity index (χ0) is 14.0. The van der Waals surface area contributed by atoms with Crippen molar-refractivity contribution in [1.82, 2.24) is 5.32 Å². The van der Waals surface area contributed by atoms with Crippen molar-refractivity contribution in [2.75, 3.05) is 18.5 Å². The molecule has 19 heavy (non-hydrogen) atoms. The van der Waals surface area contributed by atoms with Crippen LogP contribution in [0, 0.1) is 0 Å². The highest BCUT2D eigenvalue weighted by atomic mass is 16.5. The van der Waals surface area contributed by atoms with Gasteiger partial charge in [-0.15, -0.1) is 0 Å². The van der Waals surface area contributed by atoms with E-state index in [2.05, 4.69) is 5.32 Å². The van der Waals surface area contributed by atoms with Gasteiger partial charge in [0, 0.05) is 13.6 Å². The number of carbonyl (C=O) groups is 2. The number of anilines is 1. The largest absolute Gasteiger partial charge is 0.479 e. The summed E-state index contributed by atoms with van der Waals surface area (Å²) in [5, 5.41) is 2.51. The van der Waals surface area contributed by atoms with Crippen molar-refractivity contribution >= 4 is 17.5 Å². The third-order valence-electron chi connectivity index (χ3n) is 3.05. The molecule has 1 aliphatic rings. The molecule has 0 saturated heterocycles. The zero-order valence-electron chi connectivity index (χ0n) is 11.0. The maximum absolute atomic E-state index is 12.1. The molecule has 0 bridgehead atoms. The standard InChI is InChI=1S/C13H17N3O3/c1-8-13(18)16(7-12(17)15-2)10-4-3-9(6-14)5-11(10)19-8/h3-5,8H,6-7,14H2,1-2H3,(H,15,17). The molecule has 1 aromatic carbocycles. The summed E-state index contributed by atoms with van der Waals surface area (Å²) >= 11 is 0. The summed E-state index contributed by atoms with van der Waals surface area (Å²) in [4.78, 5) is 25.0. The van der Waals surface area contributed by atoms with E-state index in [1.807, 2.05) is 6.07 Å². The van der Waals surface area contributed by atoms with Gasteiger partial charge in [0.05, 0.1) is 5.69 Å². The first-order valence-corrected chi connectivity index (χ1v) is 6.08. The van der Waals surface area contributed by atoms with Crippen LogP contribution in [0.5, 0.6) is 5.75 Å². The van der Waals surface area contributed by atoms with E-state index in [0.29, 0.717) is 18.0 Å². The number of nitrogens with one attached hydrogen (secondary N) is 1. The molecule has 1 heterocycles. The molecule has 0 radical (unpaired) electrons. The maximum atomic E-state index is 12.1. The molecule has 0 fully saturated rings.